The summed E-state index contributed by atoms with van der Waals surface area (Å²) >= 11 is 0. The van der Waals surface area contributed by atoms with E-state index in [0.717, 1.165) is 18.4 Å². The number of ether oxygens (including phenoxy) is 1. The van der Waals surface area contributed by atoms with Crippen LogP contribution in [0.5, 0.6) is 0 Å². The Balaban J connectivity index is 2.46. The maximum atomic E-state index is 11.9. The summed E-state index contributed by atoms with van der Waals surface area (Å²) in [6.07, 6.45) is -0.917. The summed E-state index contributed by atoms with van der Waals surface area (Å²) in [6.45, 7) is -0.264. The summed E-state index contributed by atoms with van der Waals surface area (Å²) in [4.78, 5) is 0.132. The second kappa shape index (κ2) is 9.04. The molecule has 1 rings (SSSR count). The molecule has 0 atom stereocenters. The predicted octanol–water partition coefficient (Wildman–Crippen LogP) is 1.14. The van der Waals surface area contributed by atoms with E-state index < -0.39 is 23.1 Å². The Morgan fingerprint density at radius 1 is 1.24 bits per heavy atom. The van der Waals surface area contributed by atoms with Crippen molar-refractivity contribution < 1.29 is 21.9 Å². The highest BCUT2D eigenvalue weighted by atomic mass is 32.2. The standard InChI is InChI=1S/C13H20F2N2O3S/c14-13(15)10-20-9-8-17-21(18,19)12-5-3-11(4-6-12)2-1-7-16/h3-6,13,17H,1-2,7-10,16H2. The molecule has 0 aliphatic carbocycles. The molecule has 0 fully saturated rings. The summed E-state index contributed by atoms with van der Waals surface area (Å²) in [5.74, 6) is 0. The van der Waals surface area contributed by atoms with E-state index in [1.807, 2.05) is 0 Å². The summed E-state index contributed by atoms with van der Waals surface area (Å²) in [7, 11) is -3.64. The quantitative estimate of drug-likeness (QED) is 0.633. The second-order valence-corrected chi connectivity index (χ2v) is 6.17. The van der Waals surface area contributed by atoms with Crippen LogP contribution in [0.4, 0.5) is 8.78 Å². The lowest BCUT2D eigenvalue weighted by molar-refractivity contribution is 0.0199. The van der Waals surface area contributed by atoms with E-state index in [1.165, 1.54) is 12.1 Å². The lowest BCUT2D eigenvalue weighted by atomic mass is 10.1. The molecular weight excluding hydrogens is 302 g/mol. The molecule has 21 heavy (non-hydrogen) atoms. The number of nitrogens with two attached hydrogens (primary N) is 1. The average Bonchev–Trinajstić information content (AvgIpc) is 2.44. The van der Waals surface area contributed by atoms with E-state index in [9.17, 15) is 17.2 Å². The number of hydrogen-bond acceptors (Lipinski definition) is 4. The van der Waals surface area contributed by atoms with Gasteiger partial charge in [0.2, 0.25) is 10.0 Å². The van der Waals surface area contributed by atoms with Crippen LogP contribution in [-0.2, 0) is 21.2 Å². The summed E-state index contributed by atoms with van der Waals surface area (Å²) in [5.41, 5.74) is 6.42. The smallest absolute Gasteiger partial charge is 0.261 e. The average molecular weight is 322 g/mol. The highest BCUT2D eigenvalue weighted by molar-refractivity contribution is 7.89. The van der Waals surface area contributed by atoms with Crippen LogP contribution in [0.1, 0.15) is 12.0 Å². The topological polar surface area (TPSA) is 81.4 Å². The minimum Gasteiger partial charge on any atom is -0.374 e. The highest BCUT2D eigenvalue weighted by Crippen LogP contribution is 2.11. The zero-order chi connectivity index (χ0) is 15.7. The van der Waals surface area contributed by atoms with E-state index in [4.69, 9.17) is 5.73 Å². The first-order chi connectivity index (χ1) is 9.95. The first kappa shape index (κ1) is 18.0. The zero-order valence-corrected chi connectivity index (χ0v) is 12.4. The van der Waals surface area contributed by atoms with Crippen LogP contribution >= 0.6 is 0 Å². The van der Waals surface area contributed by atoms with Crippen molar-refractivity contribution in [2.75, 3.05) is 26.3 Å². The SMILES string of the molecule is NCCCc1ccc(S(=O)(=O)NCCOCC(F)F)cc1. The Labute approximate surface area is 123 Å². The Bertz CT molecular complexity index is 507. The molecule has 0 saturated carbocycles. The largest absolute Gasteiger partial charge is 0.374 e. The van der Waals surface area contributed by atoms with Gasteiger partial charge in [0.05, 0.1) is 11.5 Å². The number of benzene rings is 1. The first-order valence-electron chi connectivity index (χ1n) is 6.60. The highest BCUT2D eigenvalue weighted by Gasteiger charge is 2.13. The molecule has 8 heteroatoms. The third-order valence-corrected chi connectivity index (χ3v) is 4.16. The summed E-state index contributed by atoms with van der Waals surface area (Å²) in [6, 6.07) is 6.48. The van der Waals surface area contributed by atoms with Gasteiger partial charge in [0, 0.05) is 6.54 Å². The fraction of sp³-hybridized carbons (Fsp3) is 0.538. The lowest BCUT2D eigenvalue weighted by Crippen LogP contribution is -2.28. The Kier molecular flexibility index (Phi) is 7.73. The van der Waals surface area contributed by atoms with Gasteiger partial charge in [-0.05, 0) is 37.1 Å². The van der Waals surface area contributed by atoms with Gasteiger partial charge in [0.15, 0.2) is 0 Å². The van der Waals surface area contributed by atoms with Gasteiger partial charge in [-0.3, -0.25) is 0 Å². The Morgan fingerprint density at radius 3 is 2.48 bits per heavy atom. The minimum absolute atomic E-state index is 0.0516. The van der Waals surface area contributed by atoms with Crippen molar-refractivity contribution >= 4 is 10.0 Å². The zero-order valence-electron chi connectivity index (χ0n) is 11.6. The number of hydrogen-bond donors (Lipinski definition) is 2. The van der Waals surface area contributed by atoms with Crippen LogP contribution in [0, 0.1) is 0 Å². The normalized spacial score (nSPS) is 12.0. The lowest BCUT2D eigenvalue weighted by Gasteiger charge is -2.08. The van der Waals surface area contributed by atoms with Crippen LogP contribution in [0.25, 0.3) is 0 Å². The maximum absolute atomic E-state index is 11.9. The van der Waals surface area contributed by atoms with Crippen molar-refractivity contribution in [2.24, 2.45) is 5.73 Å². The molecule has 1 aromatic rings. The second-order valence-electron chi connectivity index (χ2n) is 4.40. The number of nitrogens with one attached hydrogen (secondary N) is 1. The van der Waals surface area contributed by atoms with Crippen LogP contribution in [0.2, 0.25) is 0 Å². The number of rotatable bonds is 10. The van der Waals surface area contributed by atoms with E-state index in [1.54, 1.807) is 12.1 Å². The van der Waals surface area contributed by atoms with Crippen molar-refractivity contribution in [1.29, 1.82) is 0 Å². The van der Waals surface area contributed by atoms with Crippen LogP contribution in [-0.4, -0.2) is 41.1 Å². The Hall–Kier alpha value is -1.09. The number of sulfonamides is 1. The molecule has 0 saturated heterocycles. The molecule has 1 aromatic carbocycles. The molecule has 0 amide bonds. The minimum atomic E-state index is -3.64. The van der Waals surface area contributed by atoms with Crippen molar-refractivity contribution in [1.82, 2.24) is 4.72 Å². The first-order valence-corrected chi connectivity index (χ1v) is 8.08. The van der Waals surface area contributed by atoms with Gasteiger partial charge < -0.3 is 10.5 Å². The molecular formula is C13H20F2N2O3S. The monoisotopic (exact) mass is 322 g/mol. The molecule has 0 aliphatic rings. The molecule has 0 unspecified atom stereocenters. The molecule has 5 nitrogen and oxygen atoms in total. The fourth-order valence-electron chi connectivity index (χ4n) is 1.65. The Morgan fingerprint density at radius 2 is 1.90 bits per heavy atom. The molecule has 0 spiro atoms. The van der Waals surface area contributed by atoms with Gasteiger partial charge in [-0.25, -0.2) is 21.9 Å². The van der Waals surface area contributed by atoms with Gasteiger partial charge in [-0.2, -0.15) is 0 Å². The number of halogens is 2. The molecule has 120 valence electrons. The van der Waals surface area contributed by atoms with Crippen LogP contribution < -0.4 is 10.5 Å². The van der Waals surface area contributed by atoms with E-state index in [0.29, 0.717) is 6.54 Å². The molecule has 0 aromatic heterocycles. The third-order valence-electron chi connectivity index (χ3n) is 2.69. The van der Waals surface area contributed by atoms with Gasteiger partial charge in [0.1, 0.15) is 6.61 Å². The van der Waals surface area contributed by atoms with Gasteiger partial charge in [0.25, 0.3) is 6.43 Å². The molecule has 0 heterocycles. The molecule has 0 radical (unpaired) electrons. The predicted molar refractivity (Wildman–Crippen MR) is 75.8 cm³/mol. The van der Waals surface area contributed by atoms with Gasteiger partial charge >= 0.3 is 0 Å². The number of aryl methyl sites for hydroxylation is 1. The summed E-state index contributed by atoms with van der Waals surface area (Å²) in [5, 5.41) is 0. The molecule has 0 bridgehead atoms. The van der Waals surface area contributed by atoms with Crippen molar-refractivity contribution in [3.63, 3.8) is 0 Å². The third kappa shape index (κ3) is 6.94. The molecule has 0 aliphatic heterocycles. The van der Waals surface area contributed by atoms with E-state index in [-0.39, 0.29) is 18.0 Å². The van der Waals surface area contributed by atoms with Crippen molar-refractivity contribution in [3.8, 4) is 0 Å². The van der Waals surface area contributed by atoms with Crippen LogP contribution in [0.15, 0.2) is 29.2 Å². The van der Waals surface area contributed by atoms with Gasteiger partial charge in [-0.15, -0.1) is 0 Å². The van der Waals surface area contributed by atoms with E-state index >= 15 is 0 Å². The van der Waals surface area contributed by atoms with Crippen LogP contribution in [0.3, 0.4) is 0 Å². The van der Waals surface area contributed by atoms with Crippen molar-refractivity contribution in [3.05, 3.63) is 29.8 Å². The van der Waals surface area contributed by atoms with Gasteiger partial charge in [-0.1, -0.05) is 12.1 Å². The summed E-state index contributed by atoms with van der Waals surface area (Å²) < 4.78 is 54.4. The fourth-order valence-corrected chi connectivity index (χ4v) is 2.66. The number of alkyl halides is 2. The van der Waals surface area contributed by atoms with Crippen molar-refractivity contribution in [2.45, 2.75) is 24.2 Å². The molecule has 3 N–H and O–H groups in total. The van der Waals surface area contributed by atoms with E-state index in [2.05, 4.69) is 9.46 Å². The maximum Gasteiger partial charge on any atom is 0.261 e.